The molecule has 1 unspecified atom stereocenters. The lowest BCUT2D eigenvalue weighted by atomic mass is 9.97. The lowest BCUT2D eigenvalue weighted by Gasteiger charge is -2.13. The number of rotatable bonds is 4. The first-order chi connectivity index (χ1) is 7.86. The topological polar surface area (TPSA) is 54.4 Å². The van der Waals surface area contributed by atoms with Crippen LogP contribution in [0, 0.1) is 0 Å². The Hall–Kier alpha value is -1.49. The maximum absolute atomic E-state index is 12.6. The number of alkyl halides is 3. The normalized spacial score (nSPS) is 12.5. The molecule has 0 aliphatic heterocycles. The number of halogens is 3. The fourth-order valence-electron chi connectivity index (χ4n) is 1.45. The predicted octanol–water partition coefficient (Wildman–Crippen LogP) is 3.19. The van der Waals surface area contributed by atoms with Gasteiger partial charge in [0.25, 0.3) is 6.43 Å². The number of carboxylic acids is 1. The summed E-state index contributed by atoms with van der Waals surface area (Å²) in [6.07, 6.45) is -2.93. The number of Topliss-reactive ketones (excluding diaryl/α,β-unsaturated/α-hetero) is 1. The number of aromatic carboxylic acids is 1. The van der Waals surface area contributed by atoms with Gasteiger partial charge in [0.05, 0.1) is 5.56 Å². The molecule has 0 aromatic heterocycles. The Morgan fingerprint density at radius 3 is 2.24 bits per heavy atom. The van der Waals surface area contributed by atoms with Gasteiger partial charge < -0.3 is 5.11 Å². The Morgan fingerprint density at radius 1 is 1.29 bits per heavy atom. The number of carbonyl (C=O) groups is 2. The standard InChI is InChI=1S/C11H9ClF2O3/c1-5(15)9(12)6-3-2-4-7(10(13)14)8(6)11(16)17/h2-4,9-10H,1H3,(H,16,17). The van der Waals surface area contributed by atoms with E-state index < -0.39 is 34.7 Å². The van der Waals surface area contributed by atoms with Crippen molar-refractivity contribution in [3.63, 3.8) is 0 Å². The molecule has 1 aromatic rings. The fourth-order valence-corrected chi connectivity index (χ4v) is 1.63. The molecule has 0 heterocycles. The van der Waals surface area contributed by atoms with Crippen LogP contribution < -0.4 is 0 Å². The molecule has 6 heteroatoms. The lowest BCUT2D eigenvalue weighted by molar-refractivity contribution is -0.116. The van der Waals surface area contributed by atoms with E-state index in [-0.39, 0.29) is 5.56 Å². The molecular weight excluding hydrogens is 254 g/mol. The van der Waals surface area contributed by atoms with Crippen LogP contribution in [0.25, 0.3) is 0 Å². The first-order valence-electron chi connectivity index (χ1n) is 4.65. The van der Waals surface area contributed by atoms with Crippen LogP contribution in [0.5, 0.6) is 0 Å². The average Bonchev–Trinajstić information content (AvgIpc) is 2.26. The second-order valence-corrected chi connectivity index (χ2v) is 3.83. The molecule has 0 aliphatic rings. The summed E-state index contributed by atoms with van der Waals surface area (Å²) in [7, 11) is 0. The molecule has 17 heavy (non-hydrogen) atoms. The quantitative estimate of drug-likeness (QED) is 0.848. The second kappa shape index (κ2) is 5.23. The smallest absolute Gasteiger partial charge is 0.336 e. The van der Waals surface area contributed by atoms with Crippen molar-refractivity contribution in [3.8, 4) is 0 Å². The highest BCUT2D eigenvalue weighted by Crippen LogP contribution is 2.31. The highest BCUT2D eigenvalue weighted by atomic mass is 35.5. The molecule has 0 radical (unpaired) electrons. The van der Waals surface area contributed by atoms with Crippen LogP contribution in [0.1, 0.15) is 40.2 Å². The minimum absolute atomic E-state index is 0.107. The van der Waals surface area contributed by atoms with Crippen molar-refractivity contribution in [2.24, 2.45) is 0 Å². The monoisotopic (exact) mass is 262 g/mol. The molecule has 0 saturated heterocycles. The van der Waals surface area contributed by atoms with Crippen LogP contribution in [-0.2, 0) is 4.79 Å². The van der Waals surface area contributed by atoms with E-state index in [0.717, 1.165) is 6.07 Å². The summed E-state index contributed by atoms with van der Waals surface area (Å²) in [5.74, 6) is -2.02. The van der Waals surface area contributed by atoms with Gasteiger partial charge in [0.1, 0.15) is 5.38 Å². The molecule has 0 amide bonds. The largest absolute Gasteiger partial charge is 0.478 e. The molecule has 0 spiro atoms. The van der Waals surface area contributed by atoms with E-state index in [4.69, 9.17) is 16.7 Å². The van der Waals surface area contributed by atoms with Crippen molar-refractivity contribution < 1.29 is 23.5 Å². The Kier molecular flexibility index (Phi) is 4.17. The van der Waals surface area contributed by atoms with Crippen LogP contribution in [0.2, 0.25) is 0 Å². The second-order valence-electron chi connectivity index (χ2n) is 3.39. The van der Waals surface area contributed by atoms with E-state index in [1.165, 1.54) is 19.1 Å². The number of carbonyl (C=O) groups excluding carboxylic acids is 1. The number of ketones is 1. The van der Waals surface area contributed by atoms with Gasteiger partial charge in [-0.15, -0.1) is 11.6 Å². The maximum Gasteiger partial charge on any atom is 0.336 e. The van der Waals surface area contributed by atoms with Gasteiger partial charge in [-0.05, 0) is 12.5 Å². The molecule has 92 valence electrons. The zero-order valence-corrected chi connectivity index (χ0v) is 9.54. The average molecular weight is 263 g/mol. The van der Waals surface area contributed by atoms with Gasteiger partial charge in [0.2, 0.25) is 0 Å². The van der Waals surface area contributed by atoms with Gasteiger partial charge in [-0.2, -0.15) is 0 Å². The third-order valence-electron chi connectivity index (χ3n) is 2.21. The zero-order chi connectivity index (χ0) is 13.2. The van der Waals surface area contributed by atoms with Gasteiger partial charge >= 0.3 is 5.97 Å². The predicted molar refractivity (Wildman–Crippen MR) is 57.6 cm³/mol. The SMILES string of the molecule is CC(=O)C(Cl)c1cccc(C(F)F)c1C(=O)O. The summed E-state index contributed by atoms with van der Waals surface area (Å²) in [4.78, 5) is 22.1. The van der Waals surface area contributed by atoms with Crippen LogP contribution >= 0.6 is 11.6 Å². The summed E-state index contributed by atoms with van der Waals surface area (Å²) >= 11 is 5.71. The van der Waals surface area contributed by atoms with Crippen molar-refractivity contribution in [2.75, 3.05) is 0 Å². The number of hydrogen-bond donors (Lipinski definition) is 1. The molecule has 0 saturated carbocycles. The van der Waals surface area contributed by atoms with E-state index >= 15 is 0 Å². The molecule has 1 N–H and O–H groups in total. The Labute approximate surface area is 101 Å². The summed E-state index contributed by atoms with van der Waals surface area (Å²) < 4.78 is 25.3. The first kappa shape index (κ1) is 13.6. The Morgan fingerprint density at radius 2 is 1.82 bits per heavy atom. The summed E-state index contributed by atoms with van der Waals surface area (Å²) in [5.41, 5.74) is -1.34. The number of hydrogen-bond acceptors (Lipinski definition) is 2. The summed E-state index contributed by atoms with van der Waals surface area (Å²) in [6.45, 7) is 1.17. The maximum atomic E-state index is 12.6. The Bertz CT molecular complexity index is 460. The van der Waals surface area contributed by atoms with Crippen molar-refractivity contribution >= 4 is 23.4 Å². The van der Waals surface area contributed by atoms with Gasteiger partial charge in [0.15, 0.2) is 5.78 Å². The molecular formula is C11H9ClF2O3. The van der Waals surface area contributed by atoms with Crippen LogP contribution in [-0.4, -0.2) is 16.9 Å². The molecule has 1 atom stereocenters. The number of benzene rings is 1. The van der Waals surface area contributed by atoms with E-state index in [2.05, 4.69) is 0 Å². The van der Waals surface area contributed by atoms with E-state index in [1.54, 1.807) is 0 Å². The lowest BCUT2D eigenvalue weighted by Crippen LogP contribution is -2.12. The summed E-state index contributed by atoms with van der Waals surface area (Å²) in [6, 6.07) is 3.51. The highest BCUT2D eigenvalue weighted by Gasteiger charge is 2.26. The minimum atomic E-state index is -2.93. The first-order valence-corrected chi connectivity index (χ1v) is 5.08. The van der Waals surface area contributed by atoms with E-state index in [9.17, 15) is 18.4 Å². The zero-order valence-electron chi connectivity index (χ0n) is 8.78. The van der Waals surface area contributed by atoms with Gasteiger partial charge in [-0.3, -0.25) is 4.79 Å². The van der Waals surface area contributed by atoms with Gasteiger partial charge in [0, 0.05) is 5.56 Å². The fraction of sp³-hybridized carbons (Fsp3) is 0.273. The highest BCUT2D eigenvalue weighted by molar-refractivity contribution is 6.31. The van der Waals surface area contributed by atoms with Crippen molar-refractivity contribution in [1.29, 1.82) is 0 Å². The minimum Gasteiger partial charge on any atom is -0.478 e. The number of carboxylic acid groups (broad SMARTS) is 1. The third-order valence-corrected chi connectivity index (χ3v) is 2.75. The molecule has 1 aromatic carbocycles. The molecule has 3 nitrogen and oxygen atoms in total. The van der Waals surface area contributed by atoms with Crippen molar-refractivity contribution in [3.05, 3.63) is 34.9 Å². The van der Waals surface area contributed by atoms with Crippen LogP contribution in [0.15, 0.2) is 18.2 Å². The summed E-state index contributed by atoms with van der Waals surface area (Å²) in [5, 5.41) is 7.69. The molecule has 1 rings (SSSR count). The molecule has 0 fully saturated rings. The van der Waals surface area contributed by atoms with Crippen LogP contribution in [0.4, 0.5) is 8.78 Å². The van der Waals surface area contributed by atoms with E-state index in [0.29, 0.717) is 0 Å². The third kappa shape index (κ3) is 2.79. The Balaban J connectivity index is 3.45. The molecule has 0 aliphatic carbocycles. The van der Waals surface area contributed by atoms with E-state index in [1.807, 2.05) is 0 Å². The van der Waals surface area contributed by atoms with Crippen molar-refractivity contribution in [1.82, 2.24) is 0 Å². The van der Waals surface area contributed by atoms with Crippen LogP contribution in [0.3, 0.4) is 0 Å². The van der Waals surface area contributed by atoms with Gasteiger partial charge in [-0.25, -0.2) is 13.6 Å². The van der Waals surface area contributed by atoms with Crippen molar-refractivity contribution in [2.45, 2.75) is 18.7 Å². The van der Waals surface area contributed by atoms with Gasteiger partial charge in [-0.1, -0.05) is 18.2 Å². The molecule has 0 bridgehead atoms.